The first kappa shape index (κ1) is 15.4. The van der Waals surface area contributed by atoms with Gasteiger partial charge in [0.15, 0.2) is 11.6 Å². The van der Waals surface area contributed by atoms with Crippen molar-refractivity contribution >= 4 is 29.0 Å². The van der Waals surface area contributed by atoms with Crippen LogP contribution in [0.3, 0.4) is 0 Å². The van der Waals surface area contributed by atoms with Gasteiger partial charge in [-0.2, -0.15) is 4.99 Å². The minimum atomic E-state index is -0.841. The lowest BCUT2D eigenvalue weighted by Gasteiger charge is -2.18. The van der Waals surface area contributed by atoms with E-state index in [1.807, 2.05) is 5.16 Å². The number of amides is 1. The summed E-state index contributed by atoms with van der Waals surface area (Å²) < 4.78 is 27.2. The van der Waals surface area contributed by atoms with Crippen LogP contribution >= 0.6 is 12.2 Å². The summed E-state index contributed by atoms with van der Waals surface area (Å²) in [4.78, 5) is 15.0. The zero-order valence-electron chi connectivity index (χ0n) is 10.9. The summed E-state index contributed by atoms with van der Waals surface area (Å²) >= 11 is 4.33. The molecule has 1 aromatic carbocycles. The van der Waals surface area contributed by atoms with E-state index in [2.05, 4.69) is 22.5 Å². The Kier molecular flexibility index (Phi) is 4.86. The van der Waals surface area contributed by atoms with Gasteiger partial charge in [-0.1, -0.05) is 26.8 Å². The molecule has 0 heterocycles. The first-order valence-corrected chi connectivity index (χ1v) is 6.01. The van der Waals surface area contributed by atoms with Crippen LogP contribution in [-0.2, 0) is 11.3 Å². The molecule has 0 radical (unpaired) electrons. The maximum absolute atomic E-state index is 13.9. The number of carbonyl (C=O) groups excluding carboxylic acids is 1. The third-order valence-corrected chi connectivity index (χ3v) is 2.52. The summed E-state index contributed by atoms with van der Waals surface area (Å²) in [7, 11) is 0. The third-order valence-electron chi connectivity index (χ3n) is 2.42. The molecule has 0 spiro atoms. The molecule has 0 aliphatic rings. The Labute approximate surface area is 115 Å². The molecule has 19 heavy (non-hydrogen) atoms. The highest BCUT2D eigenvalue weighted by atomic mass is 32.1. The van der Waals surface area contributed by atoms with Crippen LogP contribution in [0.1, 0.15) is 26.3 Å². The lowest BCUT2D eigenvalue weighted by molar-refractivity contribution is -0.128. The number of hydrogen-bond donors (Lipinski definition) is 1. The van der Waals surface area contributed by atoms with Crippen molar-refractivity contribution < 1.29 is 13.6 Å². The average molecular weight is 284 g/mol. The predicted octanol–water partition coefficient (Wildman–Crippen LogP) is 3.36. The largest absolute Gasteiger partial charge is 0.351 e. The number of aliphatic imine (C=N–C) groups is 1. The number of isothiocyanates is 1. The molecule has 1 aromatic rings. The minimum absolute atomic E-state index is 0.0395. The van der Waals surface area contributed by atoms with Crippen molar-refractivity contribution in [1.82, 2.24) is 5.32 Å². The highest BCUT2D eigenvalue weighted by Gasteiger charge is 2.21. The molecule has 6 heteroatoms. The molecule has 3 nitrogen and oxygen atoms in total. The van der Waals surface area contributed by atoms with E-state index in [0.717, 1.165) is 6.07 Å². The van der Waals surface area contributed by atoms with Crippen molar-refractivity contribution in [2.45, 2.75) is 27.3 Å². The number of carbonyl (C=O) groups is 1. The number of benzene rings is 1. The molecule has 1 amide bonds. The normalized spacial score (nSPS) is 10.8. The van der Waals surface area contributed by atoms with Gasteiger partial charge in [-0.3, -0.25) is 4.79 Å². The molecular formula is C13H14F2N2OS. The zero-order chi connectivity index (χ0) is 14.6. The second-order valence-electron chi connectivity index (χ2n) is 5.00. The number of nitrogens with one attached hydrogen (secondary N) is 1. The molecule has 102 valence electrons. The molecule has 0 bridgehead atoms. The van der Waals surface area contributed by atoms with Gasteiger partial charge in [0.25, 0.3) is 0 Å². The Morgan fingerprint density at radius 2 is 2.05 bits per heavy atom. The van der Waals surface area contributed by atoms with E-state index in [-0.39, 0.29) is 18.0 Å². The van der Waals surface area contributed by atoms with E-state index in [4.69, 9.17) is 0 Å². The fourth-order valence-corrected chi connectivity index (χ4v) is 1.40. The monoisotopic (exact) mass is 284 g/mol. The first-order chi connectivity index (χ1) is 8.77. The molecule has 0 aliphatic heterocycles. The molecule has 1 rings (SSSR count). The summed E-state index contributed by atoms with van der Waals surface area (Å²) in [5.41, 5.74) is -0.924. The van der Waals surface area contributed by atoms with Gasteiger partial charge < -0.3 is 5.32 Å². The van der Waals surface area contributed by atoms with Crippen LogP contribution in [0.5, 0.6) is 0 Å². The van der Waals surface area contributed by atoms with Crippen LogP contribution in [0.4, 0.5) is 14.5 Å². The van der Waals surface area contributed by atoms with Gasteiger partial charge in [0.2, 0.25) is 5.91 Å². The van der Waals surface area contributed by atoms with Gasteiger partial charge in [0.1, 0.15) is 5.69 Å². The Morgan fingerprint density at radius 3 is 2.58 bits per heavy atom. The number of hydrogen-bond acceptors (Lipinski definition) is 3. The lowest BCUT2D eigenvalue weighted by Crippen LogP contribution is -2.34. The molecule has 0 atom stereocenters. The Hall–Kier alpha value is -1.65. The Balaban J connectivity index is 2.95. The molecule has 0 aromatic heterocycles. The van der Waals surface area contributed by atoms with Crippen LogP contribution in [0.2, 0.25) is 0 Å². The molecule has 0 aliphatic carbocycles. The molecule has 0 unspecified atom stereocenters. The van der Waals surface area contributed by atoms with Gasteiger partial charge in [0.05, 0.1) is 5.16 Å². The second-order valence-corrected chi connectivity index (χ2v) is 5.19. The van der Waals surface area contributed by atoms with E-state index >= 15 is 0 Å². The lowest BCUT2D eigenvalue weighted by atomic mass is 9.95. The third kappa shape index (κ3) is 3.91. The topological polar surface area (TPSA) is 41.5 Å². The quantitative estimate of drug-likeness (QED) is 0.683. The van der Waals surface area contributed by atoms with Crippen LogP contribution in [0.25, 0.3) is 0 Å². The SMILES string of the molecule is CC(C)(C)C(=O)NCc1ccc(F)c(N=C=S)c1F. The van der Waals surface area contributed by atoms with Gasteiger partial charge >= 0.3 is 0 Å². The highest BCUT2D eigenvalue weighted by molar-refractivity contribution is 7.78. The molecule has 1 N–H and O–H groups in total. The Bertz CT molecular complexity index is 546. The summed E-state index contributed by atoms with van der Waals surface area (Å²) in [5.74, 6) is -1.89. The van der Waals surface area contributed by atoms with Crippen molar-refractivity contribution in [3.05, 3.63) is 29.3 Å². The number of rotatable bonds is 3. The fraction of sp³-hybridized carbons (Fsp3) is 0.385. The van der Waals surface area contributed by atoms with Crippen molar-refractivity contribution in [3.8, 4) is 0 Å². The van der Waals surface area contributed by atoms with E-state index in [1.165, 1.54) is 6.07 Å². The molecule has 0 fully saturated rings. The Morgan fingerprint density at radius 1 is 1.42 bits per heavy atom. The van der Waals surface area contributed by atoms with Crippen molar-refractivity contribution in [2.24, 2.45) is 10.4 Å². The summed E-state index contributed by atoms with van der Waals surface area (Å²) in [6, 6.07) is 2.34. The first-order valence-electron chi connectivity index (χ1n) is 5.60. The standard InChI is InChI=1S/C13H14F2N2OS/c1-13(2,3)12(18)16-6-8-4-5-9(14)11(10(8)15)17-7-19/h4-5H,6H2,1-3H3,(H,16,18). The van der Waals surface area contributed by atoms with Crippen LogP contribution < -0.4 is 5.32 Å². The predicted molar refractivity (Wildman–Crippen MR) is 72.3 cm³/mol. The van der Waals surface area contributed by atoms with E-state index in [0.29, 0.717) is 0 Å². The second kappa shape index (κ2) is 5.99. The molecule has 0 saturated heterocycles. The minimum Gasteiger partial charge on any atom is -0.351 e. The summed E-state index contributed by atoms with van der Waals surface area (Å²) in [6.45, 7) is 5.18. The maximum Gasteiger partial charge on any atom is 0.225 e. The number of halogens is 2. The van der Waals surface area contributed by atoms with E-state index in [1.54, 1.807) is 20.8 Å². The van der Waals surface area contributed by atoms with Crippen molar-refractivity contribution in [2.75, 3.05) is 0 Å². The fourth-order valence-electron chi connectivity index (χ4n) is 1.31. The number of thiocarbonyl (C=S) groups is 1. The van der Waals surface area contributed by atoms with Crippen molar-refractivity contribution in [1.29, 1.82) is 0 Å². The van der Waals surface area contributed by atoms with Crippen LogP contribution in [-0.4, -0.2) is 11.1 Å². The smallest absolute Gasteiger partial charge is 0.225 e. The zero-order valence-corrected chi connectivity index (χ0v) is 11.7. The maximum atomic E-state index is 13.9. The van der Waals surface area contributed by atoms with Crippen LogP contribution in [0.15, 0.2) is 17.1 Å². The summed E-state index contributed by atoms with van der Waals surface area (Å²) in [5, 5.41) is 4.50. The molecular weight excluding hydrogens is 270 g/mol. The van der Waals surface area contributed by atoms with E-state index < -0.39 is 22.7 Å². The van der Waals surface area contributed by atoms with Gasteiger partial charge in [-0.25, -0.2) is 8.78 Å². The highest BCUT2D eigenvalue weighted by Crippen LogP contribution is 2.25. The average Bonchev–Trinajstić information content (AvgIpc) is 2.32. The molecule has 0 saturated carbocycles. The van der Waals surface area contributed by atoms with Gasteiger partial charge in [-0.05, 0) is 18.3 Å². The van der Waals surface area contributed by atoms with Gasteiger partial charge in [-0.15, -0.1) is 0 Å². The van der Waals surface area contributed by atoms with Crippen molar-refractivity contribution in [3.63, 3.8) is 0 Å². The van der Waals surface area contributed by atoms with Gasteiger partial charge in [0, 0.05) is 17.5 Å². The summed E-state index contributed by atoms with van der Waals surface area (Å²) in [6.07, 6.45) is 0. The van der Waals surface area contributed by atoms with E-state index in [9.17, 15) is 13.6 Å². The van der Waals surface area contributed by atoms with Crippen LogP contribution in [0, 0.1) is 17.0 Å². The number of nitrogens with zero attached hydrogens (tertiary/aromatic N) is 1.